The Morgan fingerprint density at radius 1 is 1.48 bits per heavy atom. The van der Waals surface area contributed by atoms with Gasteiger partial charge in [-0.3, -0.25) is 4.79 Å². The molecule has 0 saturated carbocycles. The van der Waals surface area contributed by atoms with Crippen molar-refractivity contribution in [2.45, 2.75) is 19.9 Å². The number of nitrogens with one attached hydrogen (secondary N) is 2. The number of thiophene rings is 1. The minimum Gasteiger partial charge on any atom is -0.370 e. The van der Waals surface area contributed by atoms with Crippen molar-refractivity contribution >= 4 is 50.6 Å². The molecule has 2 N–H and O–H groups in total. The van der Waals surface area contributed by atoms with Crippen LogP contribution in [0.1, 0.15) is 28.6 Å². The van der Waals surface area contributed by atoms with Crippen molar-refractivity contribution in [2.24, 2.45) is 0 Å². The molecular formula is C14H15BrClN3OS. The molecule has 7 heteroatoms. The maximum absolute atomic E-state index is 12.2. The molecule has 4 nitrogen and oxygen atoms in total. The van der Waals surface area contributed by atoms with Crippen molar-refractivity contribution in [3.63, 3.8) is 0 Å². The highest BCUT2D eigenvalue weighted by Gasteiger charge is 2.10. The monoisotopic (exact) mass is 387 g/mol. The summed E-state index contributed by atoms with van der Waals surface area (Å²) in [5.41, 5.74) is 0.501. The van der Waals surface area contributed by atoms with Crippen LogP contribution in [0.4, 0.5) is 5.82 Å². The fraction of sp³-hybridized carbons (Fsp3) is 0.286. The van der Waals surface area contributed by atoms with Gasteiger partial charge in [0.2, 0.25) is 0 Å². The van der Waals surface area contributed by atoms with Gasteiger partial charge in [-0.25, -0.2) is 4.98 Å². The number of aromatic nitrogens is 1. The third-order valence-corrected chi connectivity index (χ3v) is 4.83. The average Bonchev–Trinajstić information content (AvgIpc) is 2.87. The number of pyridine rings is 1. The Balaban J connectivity index is 2.04. The highest BCUT2D eigenvalue weighted by molar-refractivity contribution is 9.10. The zero-order valence-corrected chi connectivity index (χ0v) is 14.6. The first-order valence-corrected chi connectivity index (χ1v) is 8.56. The third-order valence-electron chi connectivity index (χ3n) is 2.71. The molecule has 0 aromatic carbocycles. The summed E-state index contributed by atoms with van der Waals surface area (Å²) in [5, 5.41) is 8.29. The predicted molar refractivity (Wildman–Crippen MR) is 91.2 cm³/mol. The molecule has 0 aliphatic heterocycles. The lowest BCUT2D eigenvalue weighted by Crippen LogP contribution is -2.22. The van der Waals surface area contributed by atoms with Crippen LogP contribution >= 0.6 is 38.9 Å². The summed E-state index contributed by atoms with van der Waals surface area (Å²) in [7, 11) is 0. The van der Waals surface area contributed by atoms with E-state index in [1.807, 2.05) is 11.4 Å². The van der Waals surface area contributed by atoms with Crippen molar-refractivity contribution < 1.29 is 4.79 Å². The topological polar surface area (TPSA) is 54.0 Å². The number of hydrogen-bond acceptors (Lipinski definition) is 4. The Labute approximate surface area is 141 Å². The van der Waals surface area contributed by atoms with Crippen molar-refractivity contribution in [1.29, 1.82) is 0 Å². The van der Waals surface area contributed by atoms with Crippen LogP contribution in [0, 0.1) is 0 Å². The second-order valence-electron chi connectivity index (χ2n) is 4.36. The zero-order valence-electron chi connectivity index (χ0n) is 11.5. The van der Waals surface area contributed by atoms with E-state index in [-0.39, 0.29) is 5.91 Å². The summed E-state index contributed by atoms with van der Waals surface area (Å²) in [6, 6.07) is 5.24. The number of anilines is 1. The van der Waals surface area contributed by atoms with E-state index in [2.05, 4.69) is 38.5 Å². The molecule has 2 aromatic rings. The Morgan fingerprint density at radius 3 is 2.95 bits per heavy atom. The standard InChI is InChI=1S/C14H15BrClN3OS/c1-2-4-17-13-7-9(6-12(16)19-13)14(20)18-8-11-10(15)3-5-21-11/h3,5-7H,2,4,8H2,1H3,(H,17,19)(H,18,20). The van der Waals surface area contributed by atoms with Crippen molar-refractivity contribution in [1.82, 2.24) is 10.3 Å². The van der Waals surface area contributed by atoms with Crippen molar-refractivity contribution in [3.05, 3.63) is 43.6 Å². The summed E-state index contributed by atoms with van der Waals surface area (Å²) in [6.07, 6.45) is 0.974. The lowest BCUT2D eigenvalue weighted by Gasteiger charge is -2.08. The van der Waals surface area contributed by atoms with E-state index < -0.39 is 0 Å². The van der Waals surface area contributed by atoms with Gasteiger partial charge in [-0.15, -0.1) is 11.3 Å². The number of carbonyl (C=O) groups excluding carboxylic acids is 1. The first-order chi connectivity index (χ1) is 10.1. The highest BCUT2D eigenvalue weighted by Crippen LogP contribution is 2.22. The van der Waals surface area contributed by atoms with E-state index in [4.69, 9.17) is 11.6 Å². The zero-order chi connectivity index (χ0) is 15.2. The molecule has 0 saturated heterocycles. The van der Waals surface area contributed by atoms with Gasteiger partial charge < -0.3 is 10.6 Å². The Hall–Kier alpha value is -1.11. The van der Waals surface area contributed by atoms with Crippen LogP contribution in [0.15, 0.2) is 28.1 Å². The van der Waals surface area contributed by atoms with Crippen LogP contribution in [0.2, 0.25) is 5.15 Å². The normalized spacial score (nSPS) is 10.4. The quantitative estimate of drug-likeness (QED) is 0.725. The minimum absolute atomic E-state index is 0.167. The van der Waals surface area contributed by atoms with E-state index in [0.29, 0.717) is 23.1 Å². The Morgan fingerprint density at radius 2 is 2.29 bits per heavy atom. The van der Waals surface area contributed by atoms with Gasteiger partial charge in [-0.2, -0.15) is 0 Å². The number of carbonyl (C=O) groups is 1. The van der Waals surface area contributed by atoms with Gasteiger partial charge in [0.05, 0.1) is 6.54 Å². The van der Waals surface area contributed by atoms with Gasteiger partial charge in [0.25, 0.3) is 5.91 Å². The Kier molecular flexibility index (Phi) is 6.02. The lowest BCUT2D eigenvalue weighted by molar-refractivity contribution is 0.0951. The van der Waals surface area contributed by atoms with Crippen molar-refractivity contribution in [2.75, 3.05) is 11.9 Å². The van der Waals surface area contributed by atoms with Crippen LogP contribution in [-0.4, -0.2) is 17.4 Å². The third kappa shape index (κ3) is 4.69. The summed E-state index contributed by atoms with van der Waals surface area (Å²) in [6.45, 7) is 3.33. The van der Waals surface area contributed by atoms with E-state index in [0.717, 1.165) is 22.3 Å². The molecule has 0 bridgehead atoms. The van der Waals surface area contributed by atoms with E-state index in [1.54, 1.807) is 23.5 Å². The number of amides is 1. The fourth-order valence-corrected chi connectivity index (χ4v) is 3.33. The molecule has 1 amide bonds. The largest absolute Gasteiger partial charge is 0.370 e. The van der Waals surface area contributed by atoms with Crippen LogP contribution in [0.5, 0.6) is 0 Å². The smallest absolute Gasteiger partial charge is 0.251 e. The van der Waals surface area contributed by atoms with Crippen LogP contribution in [-0.2, 0) is 6.54 Å². The first kappa shape index (κ1) is 16.3. The summed E-state index contributed by atoms with van der Waals surface area (Å²) in [4.78, 5) is 17.4. The van der Waals surface area contributed by atoms with Crippen molar-refractivity contribution in [3.8, 4) is 0 Å². The fourth-order valence-electron chi connectivity index (χ4n) is 1.69. The summed E-state index contributed by atoms with van der Waals surface area (Å²) >= 11 is 11.0. The molecular weight excluding hydrogens is 374 g/mol. The predicted octanol–water partition coefficient (Wildman–Crippen LogP) is 4.31. The second kappa shape index (κ2) is 7.77. The molecule has 0 unspecified atom stereocenters. The lowest BCUT2D eigenvalue weighted by atomic mass is 10.2. The summed E-state index contributed by atoms with van der Waals surface area (Å²) < 4.78 is 1.01. The van der Waals surface area contributed by atoms with Gasteiger partial charge in [0, 0.05) is 21.5 Å². The van der Waals surface area contributed by atoms with Gasteiger partial charge in [-0.1, -0.05) is 18.5 Å². The van der Waals surface area contributed by atoms with Gasteiger partial charge in [-0.05, 0) is 45.9 Å². The molecule has 21 heavy (non-hydrogen) atoms. The van der Waals surface area contributed by atoms with Gasteiger partial charge in [0.15, 0.2) is 0 Å². The van der Waals surface area contributed by atoms with Crippen LogP contribution in [0.25, 0.3) is 0 Å². The molecule has 0 aliphatic rings. The average molecular weight is 389 g/mol. The second-order valence-corrected chi connectivity index (χ2v) is 6.61. The molecule has 2 aromatic heterocycles. The van der Waals surface area contributed by atoms with Crippen LogP contribution in [0.3, 0.4) is 0 Å². The molecule has 0 radical (unpaired) electrons. The molecule has 2 rings (SSSR count). The minimum atomic E-state index is -0.167. The van der Waals surface area contributed by atoms with Gasteiger partial charge >= 0.3 is 0 Å². The maximum Gasteiger partial charge on any atom is 0.251 e. The van der Waals surface area contributed by atoms with E-state index in [1.165, 1.54) is 0 Å². The van der Waals surface area contributed by atoms with Crippen LogP contribution < -0.4 is 10.6 Å². The number of nitrogens with zero attached hydrogens (tertiary/aromatic N) is 1. The van der Waals surface area contributed by atoms with E-state index >= 15 is 0 Å². The Bertz CT molecular complexity index is 632. The van der Waals surface area contributed by atoms with E-state index in [9.17, 15) is 4.79 Å². The molecule has 2 heterocycles. The molecule has 0 atom stereocenters. The summed E-state index contributed by atoms with van der Waals surface area (Å²) in [5.74, 6) is 0.450. The molecule has 112 valence electrons. The molecule has 0 fully saturated rings. The number of hydrogen-bond donors (Lipinski definition) is 2. The number of halogens is 2. The molecule has 0 spiro atoms. The first-order valence-electron chi connectivity index (χ1n) is 6.51. The maximum atomic E-state index is 12.2. The highest BCUT2D eigenvalue weighted by atomic mass is 79.9. The SMILES string of the molecule is CCCNc1cc(C(=O)NCc2sccc2Br)cc(Cl)n1. The van der Waals surface area contributed by atoms with Gasteiger partial charge in [0.1, 0.15) is 11.0 Å². The molecule has 0 aliphatic carbocycles. The number of rotatable bonds is 6.